The van der Waals surface area contributed by atoms with Gasteiger partial charge in [0.15, 0.2) is 0 Å². The number of nitrogens with zero attached hydrogens (tertiary/aromatic N) is 1. The van der Waals surface area contributed by atoms with Crippen LogP contribution in [-0.4, -0.2) is 69.8 Å². The fraction of sp³-hybridized carbons (Fsp3) is 0.855. The molecular weight excluding hydrogens is 888 g/mol. The Morgan fingerprint density at radius 3 is 0.929 bits per heavy atom. The Hall–Kier alpha value is -2.12. The van der Waals surface area contributed by atoms with Crippen LogP contribution >= 0.6 is 0 Å². The molecule has 0 heterocycles. The Balaban J connectivity index is 0. The van der Waals surface area contributed by atoms with Gasteiger partial charge in [-0.2, -0.15) is 0 Å². The van der Waals surface area contributed by atoms with Crippen molar-refractivity contribution in [2.75, 3.05) is 47.4 Å². The second-order valence-electron chi connectivity index (χ2n) is 22.0. The summed E-state index contributed by atoms with van der Waals surface area (Å²) >= 11 is 0. The zero-order valence-electron chi connectivity index (χ0n) is 47.4. The topological polar surface area (TPSA) is 81.7 Å². The Labute approximate surface area is 441 Å². The summed E-state index contributed by atoms with van der Waals surface area (Å²) < 4.78 is 12.6. The summed E-state index contributed by atoms with van der Waals surface area (Å²) in [6, 6.07) is 0. The normalized spacial score (nSPS) is 12.1. The number of carbonyl (C=O) groups excluding carboxylic acids is 3. The van der Waals surface area contributed by atoms with Crippen LogP contribution in [0.5, 0.6) is 0 Å². The standard InChI is InChI=1S/C62H116N2O5.ClH/c1-7-10-13-16-19-22-25-28-31-34-37-40-43-46-49-52-59(65)63-55-62(56-64(4,5)6,57-68-60(66)53-50-47-44-41-38-35-32-29-26-23-20-17-14-11-8-2)58-69-61(67)54-51-48-45-42-39-36-33-30-27-24-21-18-15-12-9-3;/h28-33H,7-27,34-58H2,1-6H3;1H/b31-28-,32-29-,33-30-;. The number of ether oxygens (including phenoxy) is 2. The van der Waals surface area contributed by atoms with E-state index in [1.165, 1.54) is 173 Å². The van der Waals surface area contributed by atoms with E-state index >= 15 is 0 Å². The Morgan fingerprint density at radius 1 is 0.386 bits per heavy atom. The van der Waals surface area contributed by atoms with E-state index in [-0.39, 0.29) is 43.5 Å². The molecule has 70 heavy (non-hydrogen) atoms. The number of nitrogens with one attached hydrogen (secondary N) is 1. The summed E-state index contributed by atoms with van der Waals surface area (Å²) in [5.74, 6) is -0.409. The van der Waals surface area contributed by atoms with Crippen molar-refractivity contribution in [2.45, 2.75) is 290 Å². The highest BCUT2D eigenvalue weighted by atomic mass is 35.5. The molecule has 0 spiro atoms. The van der Waals surface area contributed by atoms with E-state index in [1.54, 1.807) is 0 Å². The van der Waals surface area contributed by atoms with Crippen LogP contribution in [0.3, 0.4) is 0 Å². The molecule has 0 aliphatic heterocycles. The minimum atomic E-state index is -0.729. The number of hydrogen-bond donors (Lipinski definition) is 1. The van der Waals surface area contributed by atoms with Gasteiger partial charge in [0, 0.05) is 25.8 Å². The highest BCUT2D eigenvalue weighted by molar-refractivity contribution is 5.76. The second kappa shape index (κ2) is 53.2. The first-order valence-corrected chi connectivity index (χ1v) is 29.9. The van der Waals surface area contributed by atoms with Crippen LogP contribution in [0.15, 0.2) is 36.5 Å². The molecule has 0 radical (unpaired) electrons. The lowest BCUT2D eigenvalue weighted by molar-refractivity contribution is -0.877. The first-order chi connectivity index (χ1) is 33.6. The van der Waals surface area contributed by atoms with Gasteiger partial charge in [-0.3, -0.25) is 14.4 Å². The minimum Gasteiger partial charge on any atom is -1.00 e. The smallest absolute Gasteiger partial charge is 0.305 e. The quantitative estimate of drug-likeness (QED) is 0.0284. The van der Waals surface area contributed by atoms with Crippen molar-refractivity contribution in [2.24, 2.45) is 5.41 Å². The van der Waals surface area contributed by atoms with Gasteiger partial charge in [-0.1, -0.05) is 211 Å². The summed E-state index contributed by atoms with van der Waals surface area (Å²) in [7, 11) is 6.30. The second-order valence-corrected chi connectivity index (χ2v) is 22.0. The van der Waals surface area contributed by atoms with Gasteiger partial charge < -0.3 is 31.7 Å². The van der Waals surface area contributed by atoms with E-state index in [4.69, 9.17) is 9.47 Å². The maximum atomic E-state index is 13.3. The van der Waals surface area contributed by atoms with Crippen LogP contribution in [0.4, 0.5) is 0 Å². The first kappa shape index (κ1) is 70.0. The number of hydrogen-bond acceptors (Lipinski definition) is 5. The number of rotatable bonds is 53. The highest BCUT2D eigenvalue weighted by Gasteiger charge is 2.40. The third-order valence-corrected chi connectivity index (χ3v) is 13.5. The molecule has 0 aromatic heterocycles. The van der Waals surface area contributed by atoms with E-state index in [1.807, 2.05) is 0 Å². The van der Waals surface area contributed by atoms with Crippen molar-refractivity contribution < 1.29 is 40.7 Å². The van der Waals surface area contributed by atoms with E-state index in [0.717, 1.165) is 77.0 Å². The summed E-state index contributed by atoms with van der Waals surface area (Å²) in [5.41, 5.74) is -0.729. The predicted octanol–water partition coefficient (Wildman–Crippen LogP) is 15.0. The van der Waals surface area contributed by atoms with Crippen molar-refractivity contribution in [1.29, 1.82) is 0 Å². The third kappa shape index (κ3) is 52.2. The maximum Gasteiger partial charge on any atom is 0.305 e. The number of carbonyl (C=O) groups is 3. The van der Waals surface area contributed by atoms with E-state index in [9.17, 15) is 14.4 Å². The summed E-state index contributed by atoms with van der Waals surface area (Å²) in [5, 5.41) is 3.19. The van der Waals surface area contributed by atoms with Gasteiger partial charge in [0.05, 0.1) is 27.7 Å². The molecule has 7 nitrogen and oxygen atoms in total. The lowest BCUT2D eigenvalue weighted by Gasteiger charge is -2.38. The third-order valence-electron chi connectivity index (χ3n) is 13.5. The van der Waals surface area contributed by atoms with Gasteiger partial charge in [-0.05, 0) is 96.3 Å². The number of quaternary nitrogens is 1. The molecule has 8 heteroatoms. The van der Waals surface area contributed by atoms with Gasteiger partial charge in [0.25, 0.3) is 0 Å². The van der Waals surface area contributed by atoms with Crippen LogP contribution in [0, 0.1) is 5.41 Å². The number of amides is 1. The van der Waals surface area contributed by atoms with Crippen molar-refractivity contribution in [3.63, 3.8) is 0 Å². The predicted molar refractivity (Wildman–Crippen MR) is 299 cm³/mol. The number of halogens is 1. The van der Waals surface area contributed by atoms with E-state index in [2.05, 4.69) is 83.7 Å². The molecule has 0 aliphatic carbocycles. The van der Waals surface area contributed by atoms with Crippen molar-refractivity contribution in [1.82, 2.24) is 5.32 Å². The lowest BCUT2D eigenvalue weighted by atomic mass is 9.88. The Morgan fingerprint density at radius 2 is 0.643 bits per heavy atom. The summed E-state index contributed by atoms with van der Waals surface area (Å²) in [6.45, 7) is 7.91. The van der Waals surface area contributed by atoms with E-state index in [0.29, 0.717) is 36.8 Å². The molecule has 412 valence electrons. The monoisotopic (exact) mass is 1000 g/mol. The largest absolute Gasteiger partial charge is 1.00 e. The average Bonchev–Trinajstić information content (AvgIpc) is 3.32. The molecule has 0 saturated carbocycles. The zero-order valence-corrected chi connectivity index (χ0v) is 48.1. The first-order valence-electron chi connectivity index (χ1n) is 29.9. The minimum absolute atomic E-state index is 0. The zero-order chi connectivity index (χ0) is 50.6. The molecule has 0 unspecified atom stereocenters. The van der Waals surface area contributed by atoms with Crippen LogP contribution < -0.4 is 17.7 Å². The molecule has 1 amide bonds. The van der Waals surface area contributed by atoms with Crippen molar-refractivity contribution >= 4 is 17.8 Å². The van der Waals surface area contributed by atoms with Crippen LogP contribution in [0.25, 0.3) is 0 Å². The Bertz CT molecular complexity index is 1110. The van der Waals surface area contributed by atoms with Crippen LogP contribution in [-0.2, 0) is 23.9 Å². The van der Waals surface area contributed by atoms with Crippen molar-refractivity contribution in [3.8, 4) is 0 Å². The average molecular weight is 1010 g/mol. The van der Waals surface area contributed by atoms with Gasteiger partial charge in [-0.25, -0.2) is 0 Å². The molecule has 0 fully saturated rings. The summed E-state index contributed by atoms with van der Waals surface area (Å²) in [6.07, 6.45) is 62.8. The Kier molecular flexibility index (Phi) is 53.1. The maximum absolute atomic E-state index is 13.3. The van der Waals surface area contributed by atoms with Crippen LogP contribution in [0.2, 0.25) is 0 Å². The number of unbranched alkanes of at least 4 members (excludes halogenated alkanes) is 33. The van der Waals surface area contributed by atoms with Gasteiger partial charge >= 0.3 is 11.9 Å². The van der Waals surface area contributed by atoms with Gasteiger partial charge in [0.1, 0.15) is 18.6 Å². The number of allylic oxidation sites excluding steroid dienone is 6. The highest BCUT2D eigenvalue weighted by Crippen LogP contribution is 2.24. The lowest BCUT2D eigenvalue weighted by Crippen LogP contribution is -3.00. The van der Waals surface area contributed by atoms with E-state index < -0.39 is 5.41 Å². The SMILES string of the molecule is CCCCCCCC/C=C\CCCCCCCC(=O)NCC(COC(=O)CCCCCCC/C=C\CCCCCCCC)(COC(=O)CCCCCCC/C=C\CCCCCCCC)C[N+](C)(C)C.[Cl-]. The summed E-state index contributed by atoms with van der Waals surface area (Å²) in [4.78, 5) is 39.6. The van der Waals surface area contributed by atoms with Crippen molar-refractivity contribution in [3.05, 3.63) is 36.5 Å². The molecule has 0 atom stereocenters. The molecule has 0 bridgehead atoms. The molecular formula is C62H117ClN2O5. The van der Waals surface area contributed by atoms with Gasteiger partial charge in [-0.15, -0.1) is 0 Å². The molecule has 0 aromatic carbocycles. The molecule has 0 aliphatic rings. The number of esters is 2. The molecule has 0 rings (SSSR count). The fourth-order valence-electron chi connectivity index (χ4n) is 9.32. The van der Waals surface area contributed by atoms with Gasteiger partial charge in [0.2, 0.25) is 5.91 Å². The molecule has 0 aromatic rings. The van der Waals surface area contributed by atoms with Crippen LogP contribution in [0.1, 0.15) is 290 Å². The molecule has 1 N–H and O–H groups in total. The fourth-order valence-corrected chi connectivity index (χ4v) is 9.32. The molecule has 0 saturated heterocycles.